The lowest BCUT2D eigenvalue weighted by Crippen LogP contribution is -2.41. The van der Waals surface area contributed by atoms with Gasteiger partial charge in [-0.2, -0.15) is 4.98 Å². The molecule has 6 heteroatoms. The maximum atomic E-state index is 12.2. The van der Waals surface area contributed by atoms with Crippen LogP contribution in [0, 0.1) is 6.92 Å². The first-order valence-electron chi connectivity index (χ1n) is 7.01. The fourth-order valence-corrected chi connectivity index (χ4v) is 3.09. The van der Waals surface area contributed by atoms with Gasteiger partial charge in [0.15, 0.2) is 0 Å². The molecule has 5 nitrogen and oxygen atoms in total. The minimum atomic E-state index is 0.117. The molecule has 0 radical (unpaired) electrons. The van der Waals surface area contributed by atoms with Gasteiger partial charge < -0.3 is 9.64 Å². The Bertz CT molecular complexity index is 607. The third kappa shape index (κ3) is 3.39. The van der Waals surface area contributed by atoms with Gasteiger partial charge in [0.2, 0.25) is 5.88 Å². The van der Waals surface area contributed by atoms with Crippen LogP contribution in [0.5, 0.6) is 5.88 Å². The van der Waals surface area contributed by atoms with Crippen molar-refractivity contribution in [3.8, 4) is 5.88 Å². The van der Waals surface area contributed by atoms with Crippen molar-refractivity contribution < 1.29 is 9.53 Å². The van der Waals surface area contributed by atoms with Gasteiger partial charge in [-0.15, -0.1) is 11.3 Å². The van der Waals surface area contributed by atoms with Gasteiger partial charge in [0.1, 0.15) is 11.9 Å². The van der Waals surface area contributed by atoms with Crippen molar-refractivity contribution in [3.05, 3.63) is 40.5 Å². The van der Waals surface area contributed by atoms with Crippen molar-refractivity contribution in [2.45, 2.75) is 25.9 Å². The first kappa shape index (κ1) is 14.0. The van der Waals surface area contributed by atoms with Gasteiger partial charge in [-0.25, -0.2) is 4.98 Å². The summed E-state index contributed by atoms with van der Waals surface area (Å²) in [7, 11) is 0. The predicted molar refractivity (Wildman–Crippen MR) is 80.6 cm³/mol. The lowest BCUT2D eigenvalue weighted by Gasteiger charge is -2.31. The molecule has 0 aromatic carbocycles. The third-order valence-electron chi connectivity index (χ3n) is 3.50. The van der Waals surface area contributed by atoms with E-state index < -0.39 is 0 Å². The summed E-state index contributed by atoms with van der Waals surface area (Å²) >= 11 is 1.49. The summed E-state index contributed by atoms with van der Waals surface area (Å²) in [6, 6.07) is 5.56. The number of nitrogens with zero attached hydrogens (tertiary/aromatic N) is 3. The number of aromatic nitrogens is 2. The number of carbonyl (C=O) groups excluding carboxylic acids is 1. The highest BCUT2D eigenvalue weighted by atomic mass is 32.1. The summed E-state index contributed by atoms with van der Waals surface area (Å²) in [4.78, 5) is 23.3. The SMILES string of the molecule is Cc1nccc(OC2CCN(C(=O)c3cccs3)CC2)n1. The molecule has 0 saturated carbocycles. The Labute approximate surface area is 127 Å². The Hall–Kier alpha value is -1.95. The molecule has 0 atom stereocenters. The summed E-state index contributed by atoms with van der Waals surface area (Å²) in [5.74, 6) is 1.45. The summed E-state index contributed by atoms with van der Waals surface area (Å²) in [5, 5.41) is 1.93. The largest absolute Gasteiger partial charge is 0.474 e. The van der Waals surface area contributed by atoms with E-state index in [4.69, 9.17) is 4.74 Å². The van der Waals surface area contributed by atoms with Crippen LogP contribution in [0.3, 0.4) is 0 Å². The Morgan fingerprint density at radius 1 is 1.38 bits per heavy atom. The molecule has 1 aliphatic heterocycles. The van der Waals surface area contributed by atoms with E-state index in [0.717, 1.165) is 30.8 Å². The molecule has 0 aliphatic carbocycles. The van der Waals surface area contributed by atoms with Gasteiger partial charge in [-0.05, 0) is 18.4 Å². The van der Waals surface area contributed by atoms with E-state index in [-0.39, 0.29) is 12.0 Å². The van der Waals surface area contributed by atoms with Gasteiger partial charge in [0, 0.05) is 38.2 Å². The molecule has 1 fully saturated rings. The van der Waals surface area contributed by atoms with E-state index in [2.05, 4.69) is 9.97 Å². The van der Waals surface area contributed by atoms with Gasteiger partial charge >= 0.3 is 0 Å². The van der Waals surface area contributed by atoms with Crippen LogP contribution in [0.2, 0.25) is 0 Å². The van der Waals surface area contributed by atoms with Crippen LogP contribution < -0.4 is 4.74 Å². The smallest absolute Gasteiger partial charge is 0.263 e. The second-order valence-electron chi connectivity index (χ2n) is 5.03. The second-order valence-corrected chi connectivity index (χ2v) is 5.98. The number of aryl methyl sites for hydroxylation is 1. The molecule has 3 heterocycles. The monoisotopic (exact) mass is 303 g/mol. The zero-order chi connectivity index (χ0) is 14.7. The predicted octanol–water partition coefficient (Wildman–Crippen LogP) is 2.53. The van der Waals surface area contributed by atoms with Crippen molar-refractivity contribution in [2.75, 3.05) is 13.1 Å². The molecule has 2 aromatic rings. The van der Waals surface area contributed by atoms with E-state index in [9.17, 15) is 4.79 Å². The lowest BCUT2D eigenvalue weighted by molar-refractivity contribution is 0.0592. The van der Waals surface area contributed by atoms with Crippen LogP contribution in [0.15, 0.2) is 29.8 Å². The van der Waals surface area contributed by atoms with E-state index in [0.29, 0.717) is 11.7 Å². The molecular weight excluding hydrogens is 286 g/mol. The van der Waals surface area contributed by atoms with Gasteiger partial charge in [0.05, 0.1) is 4.88 Å². The van der Waals surface area contributed by atoms with Crippen molar-refractivity contribution in [3.63, 3.8) is 0 Å². The molecule has 0 unspecified atom stereocenters. The van der Waals surface area contributed by atoms with E-state index in [1.165, 1.54) is 11.3 Å². The van der Waals surface area contributed by atoms with Crippen LogP contribution in [-0.2, 0) is 0 Å². The minimum absolute atomic E-state index is 0.117. The Kier molecular flexibility index (Phi) is 4.15. The number of amides is 1. The van der Waals surface area contributed by atoms with Gasteiger partial charge in [-0.3, -0.25) is 4.79 Å². The maximum Gasteiger partial charge on any atom is 0.263 e. The maximum absolute atomic E-state index is 12.2. The number of hydrogen-bond donors (Lipinski definition) is 0. The second kappa shape index (κ2) is 6.22. The number of piperidine rings is 1. The topological polar surface area (TPSA) is 55.3 Å². The lowest BCUT2D eigenvalue weighted by atomic mass is 10.1. The standard InChI is InChI=1S/C15H17N3O2S/c1-11-16-7-4-14(17-11)20-12-5-8-18(9-6-12)15(19)13-3-2-10-21-13/h2-4,7,10,12H,5-6,8-9H2,1H3. The third-order valence-corrected chi connectivity index (χ3v) is 4.36. The minimum Gasteiger partial charge on any atom is -0.474 e. The highest BCUT2D eigenvalue weighted by Gasteiger charge is 2.25. The summed E-state index contributed by atoms with van der Waals surface area (Å²) in [5.41, 5.74) is 0. The number of carbonyl (C=O) groups is 1. The first-order valence-corrected chi connectivity index (χ1v) is 7.89. The van der Waals surface area contributed by atoms with E-state index in [1.807, 2.05) is 29.3 Å². The molecule has 1 amide bonds. The number of likely N-dealkylation sites (tertiary alicyclic amines) is 1. The quantitative estimate of drug-likeness (QED) is 0.874. The van der Waals surface area contributed by atoms with Crippen molar-refractivity contribution in [2.24, 2.45) is 0 Å². The molecule has 1 aliphatic rings. The summed E-state index contributed by atoms with van der Waals surface area (Å²) in [6.45, 7) is 3.30. The molecule has 0 spiro atoms. The number of rotatable bonds is 3. The summed E-state index contributed by atoms with van der Waals surface area (Å²) < 4.78 is 5.87. The molecule has 3 rings (SSSR count). The highest BCUT2D eigenvalue weighted by Crippen LogP contribution is 2.20. The van der Waals surface area contributed by atoms with Crippen molar-refractivity contribution >= 4 is 17.2 Å². The highest BCUT2D eigenvalue weighted by molar-refractivity contribution is 7.12. The van der Waals surface area contributed by atoms with Gasteiger partial charge in [-0.1, -0.05) is 6.07 Å². The fraction of sp³-hybridized carbons (Fsp3) is 0.400. The first-order chi connectivity index (χ1) is 10.2. The van der Waals surface area contributed by atoms with E-state index >= 15 is 0 Å². The van der Waals surface area contributed by atoms with Crippen LogP contribution in [0.25, 0.3) is 0 Å². The zero-order valence-corrected chi connectivity index (χ0v) is 12.7. The van der Waals surface area contributed by atoms with Crippen LogP contribution in [0.1, 0.15) is 28.3 Å². The average molecular weight is 303 g/mol. The average Bonchev–Trinajstić information content (AvgIpc) is 3.01. The van der Waals surface area contributed by atoms with Crippen molar-refractivity contribution in [1.29, 1.82) is 0 Å². The molecule has 0 bridgehead atoms. The summed E-state index contributed by atoms with van der Waals surface area (Å²) in [6.07, 6.45) is 3.49. The van der Waals surface area contributed by atoms with E-state index in [1.54, 1.807) is 12.3 Å². The fourth-order valence-electron chi connectivity index (χ4n) is 2.40. The molecule has 1 saturated heterocycles. The van der Waals surface area contributed by atoms with Crippen LogP contribution in [-0.4, -0.2) is 40.0 Å². The molecular formula is C15H17N3O2S. The van der Waals surface area contributed by atoms with Crippen molar-refractivity contribution in [1.82, 2.24) is 14.9 Å². The zero-order valence-electron chi connectivity index (χ0n) is 11.9. The van der Waals surface area contributed by atoms with Gasteiger partial charge in [0.25, 0.3) is 5.91 Å². The Morgan fingerprint density at radius 2 is 2.19 bits per heavy atom. The number of hydrogen-bond acceptors (Lipinski definition) is 5. The molecule has 2 aromatic heterocycles. The van der Waals surface area contributed by atoms with Crippen LogP contribution >= 0.6 is 11.3 Å². The normalized spacial score (nSPS) is 16.0. The Balaban J connectivity index is 1.54. The number of thiophene rings is 1. The molecule has 21 heavy (non-hydrogen) atoms. The Morgan fingerprint density at radius 3 is 2.86 bits per heavy atom. The number of ether oxygens (including phenoxy) is 1. The van der Waals surface area contributed by atoms with Crippen LogP contribution in [0.4, 0.5) is 0 Å². The molecule has 110 valence electrons. The molecule has 0 N–H and O–H groups in total.